The molecule has 0 saturated heterocycles. The summed E-state index contributed by atoms with van der Waals surface area (Å²) in [5, 5.41) is 0. The van der Waals surface area contributed by atoms with Crippen LogP contribution in [0.2, 0.25) is 0 Å². The van der Waals surface area contributed by atoms with Crippen LogP contribution < -0.4 is 0 Å². The molecule has 0 radical (unpaired) electrons. The number of hydrogen-bond donors (Lipinski definition) is 0. The van der Waals surface area contributed by atoms with Gasteiger partial charge in [0.2, 0.25) is 0 Å². The number of amides is 5. The van der Waals surface area contributed by atoms with Crippen molar-refractivity contribution >= 4 is 29.7 Å². The zero-order valence-electron chi connectivity index (χ0n) is 17.5. The second kappa shape index (κ2) is 35.4. The number of imide groups is 4. The van der Waals surface area contributed by atoms with Gasteiger partial charge in [-0.2, -0.15) is 4.90 Å². The van der Waals surface area contributed by atoms with E-state index in [4.69, 9.17) is 4.74 Å². The van der Waals surface area contributed by atoms with Gasteiger partial charge in [0.05, 0.1) is 7.11 Å². The molecule has 0 N–H and O–H groups in total. The van der Waals surface area contributed by atoms with Crippen molar-refractivity contribution in [2.75, 3.05) is 26.9 Å². The molecule has 2 aliphatic rings. The van der Waals surface area contributed by atoms with Gasteiger partial charge in [-0.05, 0) is 19.8 Å². The van der Waals surface area contributed by atoms with Crippen LogP contribution in [-0.2, 0) is 28.7 Å². The van der Waals surface area contributed by atoms with E-state index in [0.29, 0.717) is 11.4 Å². The summed E-state index contributed by atoms with van der Waals surface area (Å²) in [6.45, 7) is 8.54. The lowest BCUT2D eigenvalue weighted by Gasteiger charge is -2.12. The van der Waals surface area contributed by atoms with Crippen LogP contribution >= 0.6 is 0 Å². The highest BCUT2D eigenvalue weighted by Gasteiger charge is 2.30. The molecule has 37 heavy (non-hydrogen) atoms. The van der Waals surface area contributed by atoms with Crippen LogP contribution in [0.15, 0.2) is 24.3 Å². The summed E-state index contributed by atoms with van der Waals surface area (Å²) in [7, 11) is 1.10. The first kappa shape index (κ1) is 59.4. The lowest BCUT2D eigenvalue weighted by atomic mass is 10.2. The Morgan fingerprint density at radius 2 is 1.08 bits per heavy atom. The van der Waals surface area contributed by atoms with E-state index >= 15 is 0 Å². The molecule has 9 heteroatoms. The van der Waals surface area contributed by atoms with Crippen molar-refractivity contribution in [3.05, 3.63) is 24.3 Å². The fourth-order valence-corrected chi connectivity index (χ4v) is 2.13. The molecule has 0 fully saturated rings. The molecule has 0 aromatic heterocycles. The Hall–Kier alpha value is -2.81. The molecule has 9 nitrogen and oxygen atoms in total. The van der Waals surface area contributed by atoms with E-state index in [-0.39, 0.29) is 71.2 Å². The summed E-state index contributed by atoms with van der Waals surface area (Å²) in [6.07, 6.45) is 7.94. The fourth-order valence-electron chi connectivity index (χ4n) is 2.13. The van der Waals surface area contributed by atoms with Crippen LogP contribution in [0, 0.1) is 0 Å². The van der Waals surface area contributed by atoms with E-state index in [1.165, 1.54) is 17.1 Å². The summed E-state index contributed by atoms with van der Waals surface area (Å²) in [4.78, 5) is 55.8. The van der Waals surface area contributed by atoms with E-state index < -0.39 is 17.9 Å². The van der Waals surface area contributed by atoms with Crippen molar-refractivity contribution in [2.45, 2.75) is 106 Å². The van der Waals surface area contributed by atoms with Gasteiger partial charge in [0.25, 0.3) is 23.6 Å². The second-order valence-electron chi connectivity index (χ2n) is 5.88. The van der Waals surface area contributed by atoms with Crippen LogP contribution in [0.5, 0.6) is 0 Å². The van der Waals surface area contributed by atoms with E-state index in [1.807, 2.05) is 6.92 Å². The Morgan fingerprint density at radius 3 is 1.38 bits per heavy atom. The highest BCUT2D eigenvalue weighted by molar-refractivity contribution is 6.21. The molecule has 0 spiro atoms. The number of carbonyl (C=O) groups is 5. The van der Waals surface area contributed by atoms with Crippen molar-refractivity contribution in [3.8, 4) is 0 Å². The average Bonchev–Trinajstić information content (AvgIpc) is 3.22. The van der Waals surface area contributed by atoms with Gasteiger partial charge in [-0.1, -0.05) is 86.1 Å². The van der Waals surface area contributed by atoms with E-state index in [1.54, 1.807) is 0 Å². The Morgan fingerprint density at radius 1 is 0.676 bits per heavy atom. The monoisotopic (exact) mass is 538 g/mol. The quantitative estimate of drug-likeness (QED) is 0.247. The van der Waals surface area contributed by atoms with Gasteiger partial charge in [0.1, 0.15) is 0 Å². The van der Waals surface area contributed by atoms with Gasteiger partial charge in [-0.15, -0.1) is 0 Å². The molecular weight excluding hydrogens is 476 g/mol. The molecule has 0 atom stereocenters. The molecule has 0 aromatic rings. The standard InChI is InChI=1S/C9H13NO2.C6H5NO4.C5H12O.8CH4/c1-2-3-4-7-10-8(11)5-6-9(10)12;1-11-6(10)7-4(8)2-3-5(7)9;1-3-5-6-4-2;;;;;;;;/h5-6H,2-4,7H2,1H3;2-3H,1H3;3-5H2,1-2H3;8*1H4. The van der Waals surface area contributed by atoms with Crippen molar-refractivity contribution in [2.24, 2.45) is 0 Å². The van der Waals surface area contributed by atoms with Crippen LogP contribution in [0.1, 0.15) is 106 Å². The van der Waals surface area contributed by atoms with Crippen LogP contribution in [-0.4, -0.2) is 66.4 Å². The Balaban J connectivity index is -0.0000000426. The predicted molar refractivity (Wildman–Crippen MR) is 159 cm³/mol. The zero-order chi connectivity index (χ0) is 22.2. The van der Waals surface area contributed by atoms with Crippen molar-refractivity contribution in [3.63, 3.8) is 0 Å². The molecule has 226 valence electrons. The largest absolute Gasteiger partial charge is 0.452 e. The first-order valence-corrected chi connectivity index (χ1v) is 9.59. The first-order chi connectivity index (χ1) is 13.8. The molecule has 5 amide bonds. The SMILES string of the molecule is C.C.C.C.C.C.C.C.CCCCCN1C(=O)C=CC1=O.CCCOCC.COC(=O)N1C(=O)C=CC1=O. The number of ether oxygens (including phenoxy) is 2. The van der Waals surface area contributed by atoms with Gasteiger partial charge < -0.3 is 9.47 Å². The third-order valence-electron chi connectivity index (χ3n) is 3.60. The number of methoxy groups -OCH3 is 1. The third kappa shape index (κ3) is 23.3. The lowest BCUT2D eigenvalue weighted by Crippen LogP contribution is -2.35. The summed E-state index contributed by atoms with van der Waals surface area (Å²) >= 11 is 0. The van der Waals surface area contributed by atoms with Crippen LogP contribution in [0.4, 0.5) is 4.79 Å². The molecule has 2 heterocycles. The van der Waals surface area contributed by atoms with Crippen molar-refractivity contribution in [1.29, 1.82) is 0 Å². The van der Waals surface area contributed by atoms with E-state index in [0.717, 1.165) is 58.2 Å². The molecule has 0 aromatic carbocycles. The van der Waals surface area contributed by atoms with Gasteiger partial charge in [-0.3, -0.25) is 24.1 Å². The van der Waals surface area contributed by atoms with Gasteiger partial charge >= 0.3 is 6.09 Å². The minimum atomic E-state index is -0.954. The van der Waals surface area contributed by atoms with Gasteiger partial charge in [0, 0.05) is 44.1 Å². The van der Waals surface area contributed by atoms with E-state index in [9.17, 15) is 24.0 Å². The maximum atomic E-state index is 11.0. The maximum absolute atomic E-state index is 11.0. The molecule has 2 aliphatic heterocycles. The van der Waals surface area contributed by atoms with Crippen LogP contribution in [0.3, 0.4) is 0 Å². The highest BCUT2D eigenvalue weighted by Crippen LogP contribution is 2.06. The Bertz CT molecular complexity index is 604. The van der Waals surface area contributed by atoms with Gasteiger partial charge in [0.15, 0.2) is 0 Å². The summed E-state index contributed by atoms with van der Waals surface area (Å²) < 4.78 is 9.16. The number of hydrogen-bond acceptors (Lipinski definition) is 7. The maximum Gasteiger partial charge on any atom is 0.423 e. The molecule has 0 saturated carbocycles. The summed E-state index contributed by atoms with van der Waals surface area (Å²) in [5.41, 5.74) is 0. The molecule has 0 bridgehead atoms. The molecule has 0 unspecified atom stereocenters. The zero-order valence-corrected chi connectivity index (χ0v) is 17.5. The first-order valence-electron chi connectivity index (χ1n) is 9.59. The smallest absolute Gasteiger partial charge is 0.423 e. The second-order valence-corrected chi connectivity index (χ2v) is 5.88. The number of unbranched alkanes of at least 4 members (excludes halogenated alkanes) is 2. The van der Waals surface area contributed by atoms with Crippen molar-refractivity contribution < 1.29 is 33.4 Å². The van der Waals surface area contributed by atoms with Crippen LogP contribution in [0.25, 0.3) is 0 Å². The lowest BCUT2D eigenvalue weighted by molar-refractivity contribution is -0.137. The summed E-state index contributed by atoms with van der Waals surface area (Å²) in [5.74, 6) is -1.67. The molecule has 2 rings (SSSR count). The summed E-state index contributed by atoms with van der Waals surface area (Å²) in [6, 6.07) is 0. The molecular formula is C28H62N2O7. The Kier molecular flexibility index (Phi) is 56.7. The minimum Gasteiger partial charge on any atom is -0.452 e. The number of rotatable bonds is 7. The third-order valence-corrected chi connectivity index (χ3v) is 3.60. The number of nitrogens with zero attached hydrogens (tertiary/aromatic N) is 2. The minimum absolute atomic E-state index is 0. The highest BCUT2D eigenvalue weighted by atomic mass is 16.5. The number of carbonyl (C=O) groups excluding carboxylic acids is 5. The normalized spacial score (nSPS) is 11.5. The van der Waals surface area contributed by atoms with E-state index in [2.05, 4.69) is 18.6 Å². The predicted octanol–water partition coefficient (Wildman–Crippen LogP) is 7.30. The fraction of sp³-hybridized carbons (Fsp3) is 0.679. The van der Waals surface area contributed by atoms with Gasteiger partial charge in [-0.25, -0.2) is 4.79 Å². The molecule has 0 aliphatic carbocycles. The Labute approximate surface area is 230 Å². The average molecular weight is 539 g/mol. The topological polar surface area (TPSA) is 110 Å². The van der Waals surface area contributed by atoms with Crippen molar-refractivity contribution in [1.82, 2.24) is 9.80 Å².